The lowest BCUT2D eigenvalue weighted by Gasteiger charge is -2.16. The number of anilines is 1. The normalized spacial score (nSPS) is 10.5. The Morgan fingerprint density at radius 1 is 0.972 bits per heavy atom. The molecule has 3 amide bonds. The van der Waals surface area contributed by atoms with Gasteiger partial charge in [0.25, 0.3) is 11.8 Å². The topological polar surface area (TPSA) is 110 Å². The predicted molar refractivity (Wildman–Crippen MR) is 136 cm³/mol. The Morgan fingerprint density at radius 2 is 1.69 bits per heavy atom. The summed E-state index contributed by atoms with van der Waals surface area (Å²) in [5.74, 6) is 1.43. The Hall–Kier alpha value is -4.66. The quantitative estimate of drug-likeness (QED) is 0.364. The van der Waals surface area contributed by atoms with Crippen molar-refractivity contribution in [2.75, 3.05) is 26.0 Å². The number of nitrogens with zero attached hydrogens (tertiary/aromatic N) is 3. The number of likely N-dealkylation sites (N-methyl/N-ethyl adjacent to an activating group) is 1. The van der Waals surface area contributed by atoms with Gasteiger partial charge in [-0.05, 0) is 54.1 Å². The molecular weight excluding hydrogens is 458 g/mol. The molecule has 0 bridgehead atoms. The third-order valence-electron chi connectivity index (χ3n) is 5.52. The van der Waals surface area contributed by atoms with Crippen LogP contribution >= 0.6 is 0 Å². The molecule has 0 aliphatic carbocycles. The number of nitrogens with one attached hydrogen (secondary N) is 2. The van der Waals surface area contributed by atoms with Gasteiger partial charge in [0.2, 0.25) is 0 Å². The Kier molecular flexibility index (Phi) is 7.92. The summed E-state index contributed by atoms with van der Waals surface area (Å²) in [4.78, 5) is 30.8. The molecule has 2 N–H and O–H groups in total. The molecule has 0 fully saturated rings. The van der Waals surface area contributed by atoms with Crippen molar-refractivity contribution in [1.29, 1.82) is 0 Å². The van der Waals surface area contributed by atoms with Crippen LogP contribution in [0.25, 0.3) is 11.5 Å². The maximum atomic E-state index is 12.5. The highest BCUT2D eigenvalue weighted by Gasteiger charge is 2.14. The number of ether oxygens (including phenoxy) is 1. The Bertz CT molecular complexity index is 1290. The zero-order valence-corrected chi connectivity index (χ0v) is 20.1. The monoisotopic (exact) mass is 485 g/mol. The van der Waals surface area contributed by atoms with E-state index in [4.69, 9.17) is 9.26 Å². The zero-order valence-electron chi connectivity index (χ0n) is 20.1. The number of carbonyl (C=O) groups is 2. The summed E-state index contributed by atoms with van der Waals surface area (Å²) in [5.41, 5.74) is 2.94. The molecule has 0 spiro atoms. The van der Waals surface area contributed by atoms with Gasteiger partial charge in [-0.15, -0.1) is 0 Å². The van der Waals surface area contributed by atoms with Crippen molar-refractivity contribution >= 4 is 17.6 Å². The lowest BCUT2D eigenvalue weighted by atomic mass is 10.1. The molecule has 0 saturated heterocycles. The molecule has 9 nitrogen and oxygen atoms in total. The fourth-order valence-electron chi connectivity index (χ4n) is 3.37. The van der Waals surface area contributed by atoms with Crippen LogP contribution in [0.2, 0.25) is 0 Å². The molecule has 1 aromatic heterocycles. The minimum Gasteiger partial charge on any atom is -0.497 e. The lowest BCUT2D eigenvalue weighted by molar-refractivity contribution is 0.0951. The van der Waals surface area contributed by atoms with E-state index in [2.05, 4.69) is 20.8 Å². The van der Waals surface area contributed by atoms with Crippen LogP contribution in [-0.4, -0.2) is 47.7 Å². The first-order valence-electron chi connectivity index (χ1n) is 11.4. The second kappa shape index (κ2) is 11.7. The van der Waals surface area contributed by atoms with Crippen molar-refractivity contribution in [2.45, 2.75) is 13.0 Å². The molecule has 1 heterocycles. The Morgan fingerprint density at radius 3 is 2.39 bits per heavy atom. The van der Waals surface area contributed by atoms with Crippen molar-refractivity contribution in [3.05, 3.63) is 95.8 Å². The molecule has 0 atom stereocenters. The number of aromatic nitrogens is 2. The van der Waals surface area contributed by atoms with Crippen molar-refractivity contribution in [1.82, 2.24) is 20.4 Å². The van der Waals surface area contributed by atoms with E-state index in [0.717, 1.165) is 17.0 Å². The van der Waals surface area contributed by atoms with Crippen LogP contribution in [0, 0.1) is 0 Å². The van der Waals surface area contributed by atoms with E-state index in [1.54, 1.807) is 43.3 Å². The molecule has 36 heavy (non-hydrogen) atoms. The van der Waals surface area contributed by atoms with Crippen molar-refractivity contribution < 1.29 is 18.8 Å². The van der Waals surface area contributed by atoms with Gasteiger partial charge in [-0.1, -0.05) is 35.5 Å². The number of amides is 3. The number of benzene rings is 3. The summed E-state index contributed by atoms with van der Waals surface area (Å²) in [7, 11) is 3.32. The van der Waals surface area contributed by atoms with Crippen molar-refractivity contribution in [2.24, 2.45) is 0 Å². The van der Waals surface area contributed by atoms with Crippen LogP contribution in [-0.2, 0) is 13.0 Å². The van der Waals surface area contributed by atoms with Crippen LogP contribution in [0.1, 0.15) is 21.7 Å². The molecule has 0 aliphatic heterocycles. The number of methoxy groups -OCH3 is 1. The number of hydrogen-bond acceptors (Lipinski definition) is 6. The summed E-state index contributed by atoms with van der Waals surface area (Å²) >= 11 is 0. The maximum Gasteiger partial charge on any atom is 0.321 e. The van der Waals surface area contributed by atoms with Gasteiger partial charge in [-0.2, -0.15) is 4.98 Å². The van der Waals surface area contributed by atoms with Crippen LogP contribution < -0.4 is 15.4 Å². The van der Waals surface area contributed by atoms with Gasteiger partial charge in [-0.3, -0.25) is 4.79 Å². The van der Waals surface area contributed by atoms with E-state index in [9.17, 15) is 9.59 Å². The van der Waals surface area contributed by atoms with E-state index in [1.807, 2.05) is 54.6 Å². The first-order chi connectivity index (χ1) is 17.5. The average molecular weight is 486 g/mol. The van der Waals surface area contributed by atoms with E-state index in [1.165, 1.54) is 0 Å². The van der Waals surface area contributed by atoms with E-state index >= 15 is 0 Å². The Balaban J connectivity index is 1.27. The highest BCUT2D eigenvalue weighted by Crippen LogP contribution is 2.18. The minimum absolute atomic E-state index is 0.180. The van der Waals surface area contributed by atoms with Gasteiger partial charge in [0.1, 0.15) is 5.75 Å². The van der Waals surface area contributed by atoms with Gasteiger partial charge >= 0.3 is 6.03 Å². The molecular formula is C27H27N5O4. The smallest absolute Gasteiger partial charge is 0.321 e. The summed E-state index contributed by atoms with van der Waals surface area (Å²) < 4.78 is 10.5. The molecule has 0 saturated carbocycles. The van der Waals surface area contributed by atoms with Gasteiger partial charge in [-0.25, -0.2) is 4.79 Å². The van der Waals surface area contributed by atoms with E-state index in [-0.39, 0.29) is 11.9 Å². The van der Waals surface area contributed by atoms with Crippen LogP contribution in [0.3, 0.4) is 0 Å². The molecule has 0 unspecified atom stereocenters. The minimum atomic E-state index is -0.217. The standard InChI is InChI=1S/C27H27N5O4/c1-32(27(34)29-22-6-4-3-5-7-22)17-16-24-30-26(36-31-24)21-12-10-20(11-13-21)25(33)28-18-19-8-14-23(35-2)15-9-19/h3-15H,16-18H2,1-2H3,(H,28,33)(H,29,34). The zero-order chi connectivity index (χ0) is 25.3. The highest BCUT2D eigenvalue weighted by atomic mass is 16.5. The van der Waals surface area contributed by atoms with E-state index in [0.29, 0.717) is 42.4 Å². The SMILES string of the molecule is COc1ccc(CNC(=O)c2ccc(-c3nc(CCN(C)C(=O)Nc4ccccc4)no3)cc2)cc1. The lowest BCUT2D eigenvalue weighted by Crippen LogP contribution is -2.33. The fourth-order valence-corrected chi connectivity index (χ4v) is 3.37. The van der Waals surface area contributed by atoms with Crippen molar-refractivity contribution in [3.63, 3.8) is 0 Å². The first-order valence-corrected chi connectivity index (χ1v) is 11.4. The van der Waals surface area contributed by atoms with Gasteiger partial charge in [0.05, 0.1) is 7.11 Å². The fraction of sp³-hybridized carbons (Fsp3) is 0.185. The maximum absolute atomic E-state index is 12.5. The summed E-state index contributed by atoms with van der Waals surface area (Å²) in [6.45, 7) is 0.834. The number of para-hydroxylation sites is 1. The second-order valence-corrected chi connectivity index (χ2v) is 8.09. The van der Waals surface area contributed by atoms with Gasteiger partial charge in [0, 0.05) is 43.4 Å². The molecule has 0 radical (unpaired) electrons. The molecule has 9 heteroatoms. The number of rotatable bonds is 9. The summed E-state index contributed by atoms with van der Waals surface area (Å²) in [6.07, 6.45) is 0.439. The van der Waals surface area contributed by atoms with Gasteiger partial charge in [0.15, 0.2) is 5.82 Å². The first kappa shape index (κ1) is 24.5. The third-order valence-corrected chi connectivity index (χ3v) is 5.52. The number of hydrogen-bond donors (Lipinski definition) is 2. The molecule has 184 valence electrons. The molecule has 3 aromatic carbocycles. The summed E-state index contributed by atoms with van der Waals surface area (Å²) in [5, 5.41) is 9.74. The Labute approximate surface area is 209 Å². The largest absolute Gasteiger partial charge is 0.497 e. The number of carbonyl (C=O) groups excluding carboxylic acids is 2. The predicted octanol–water partition coefficient (Wildman–Crippen LogP) is 4.38. The van der Waals surface area contributed by atoms with Crippen LogP contribution in [0.15, 0.2) is 83.4 Å². The molecule has 4 rings (SSSR count). The van der Waals surface area contributed by atoms with Gasteiger partial charge < -0.3 is 24.8 Å². The van der Waals surface area contributed by atoms with Crippen LogP contribution in [0.4, 0.5) is 10.5 Å². The van der Waals surface area contributed by atoms with E-state index < -0.39 is 0 Å². The molecule has 0 aliphatic rings. The number of urea groups is 1. The average Bonchev–Trinajstić information content (AvgIpc) is 3.40. The van der Waals surface area contributed by atoms with Crippen molar-refractivity contribution in [3.8, 4) is 17.2 Å². The molecule has 4 aromatic rings. The second-order valence-electron chi connectivity index (χ2n) is 8.09. The summed E-state index contributed by atoms with van der Waals surface area (Å²) in [6, 6.07) is 23.5. The van der Waals surface area contributed by atoms with Crippen LogP contribution in [0.5, 0.6) is 5.75 Å². The highest BCUT2D eigenvalue weighted by molar-refractivity contribution is 5.94. The third kappa shape index (κ3) is 6.47.